The van der Waals surface area contributed by atoms with E-state index in [0.29, 0.717) is 6.54 Å². The van der Waals surface area contributed by atoms with Gasteiger partial charge in [0, 0.05) is 30.2 Å². The second-order valence-electron chi connectivity index (χ2n) is 8.68. The van der Waals surface area contributed by atoms with Crippen molar-refractivity contribution in [3.63, 3.8) is 0 Å². The molecule has 1 aliphatic heterocycles. The molecule has 1 atom stereocenters. The molecule has 1 saturated carbocycles. The highest BCUT2D eigenvalue weighted by Gasteiger charge is 2.48. The Bertz CT molecular complexity index is 1220. The standard InChI is InChI=1S/C22H27ClN6O2S.ClH/c1-28-15-19(14-25-28)32(30,31)27-11-12-29-20-16(13-26-29)7-10-24-21(20)22(8-2-9-22)17-3-5-18(23)6-4-17;/h3-6,13-15,21,24,27H,2,7-12H2,1H3;1H. The molecule has 2 aliphatic rings. The zero-order valence-electron chi connectivity index (χ0n) is 18.4. The highest BCUT2D eigenvalue weighted by Crippen LogP contribution is 2.53. The van der Waals surface area contributed by atoms with Crippen LogP contribution in [0.3, 0.4) is 0 Å². The minimum Gasteiger partial charge on any atom is -0.308 e. The smallest absolute Gasteiger partial charge is 0.243 e. The zero-order chi connectivity index (χ0) is 22.3. The van der Waals surface area contributed by atoms with Gasteiger partial charge in [-0.2, -0.15) is 10.2 Å². The predicted molar refractivity (Wildman–Crippen MR) is 129 cm³/mol. The molecule has 0 spiro atoms. The summed E-state index contributed by atoms with van der Waals surface area (Å²) in [6.45, 7) is 1.63. The van der Waals surface area contributed by atoms with Gasteiger partial charge in [-0.25, -0.2) is 13.1 Å². The van der Waals surface area contributed by atoms with Gasteiger partial charge in [0.25, 0.3) is 0 Å². The highest BCUT2D eigenvalue weighted by molar-refractivity contribution is 7.89. The molecule has 1 fully saturated rings. The van der Waals surface area contributed by atoms with Gasteiger partial charge in [0.2, 0.25) is 10.0 Å². The van der Waals surface area contributed by atoms with Crippen LogP contribution in [0.1, 0.15) is 42.1 Å². The van der Waals surface area contributed by atoms with Gasteiger partial charge >= 0.3 is 0 Å². The SMILES string of the molecule is Cl.Cn1cc(S(=O)(=O)NCCn2ncc3c2C(C2(c4ccc(Cl)cc4)CCC2)NCC3)cn1. The number of aryl methyl sites for hydroxylation is 1. The van der Waals surface area contributed by atoms with Crippen LogP contribution < -0.4 is 10.0 Å². The fourth-order valence-electron chi connectivity index (χ4n) is 5.03. The lowest BCUT2D eigenvalue weighted by Gasteiger charge is -2.50. The first-order valence-electron chi connectivity index (χ1n) is 10.9. The molecule has 3 aromatic rings. The molecule has 8 nitrogen and oxygen atoms in total. The maximum absolute atomic E-state index is 12.5. The lowest BCUT2D eigenvalue weighted by Crippen LogP contribution is -2.50. The quantitative estimate of drug-likeness (QED) is 0.509. The lowest BCUT2D eigenvalue weighted by molar-refractivity contribution is 0.157. The third-order valence-electron chi connectivity index (χ3n) is 6.80. The Balaban J connectivity index is 0.00000259. The zero-order valence-corrected chi connectivity index (χ0v) is 20.8. The molecule has 0 saturated heterocycles. The molecular weight excluding hydrogens is 483 g/mol. The molecule has 178 valence electrons. The minimum absolute atomic E-state index is 0. The Morgan fingerprint density at radius 3 is 2.61 bits per heavy atom. The number of rotatable bonds is 7. The van der Waals surface area contributed by atoms with Gasteiger partial charge in [-0.1, -0.05) is 30.2 Å². The summed E-state index contributed by atoms with van der Waals surface area (Å²) >= 11 is 6.15. The second kappa shape index (κ2) is 9.38. The largest absolute Gasteiger partial charge is 0.308 e. The number of aromatic nitrogens is 4. The number of hydrogen-bond acceptors (Lipinski definition) is 5. The van der Waals surface area contributed by atoms with Crippen LogP contribution in [0, 0.1) is 0 Å². The van der Waals surface area contributed by atoms with Crippen LogP contribution in [0.2, 0.25) is 5.02 Å². The Kier molecular flexibility index (Phi) is 6.89. The summed E-state index contributed by atoms with van der Waals surface area (Å²) in [4.78, 5) is 0.165. The van der Waals surface area contributed by atoms with E-state index in [2.05, 4.69) is 32.4 Å². The van der Waals surface area contributed by atoms with Crippen LogP contribution in [0.4, 0.5) is 0 Å². The maximum atomic E-state index is 12.5. The lowest BCUT2D eigenvalue weighted by atomic mass is 9.58. The monoisotopic (exact) mass is 510 g/mol. The molecule has 0 bridgehead atoms. The van der Waals surface area contributed by atoms with Gasteiger partial charge in [0.1, 0.15) is 4.90 Å². The summed E-state index contributed by atoms with van der Waals surface area (Å²) in [5.74, 6) is 0. The summed E-state index contributed by atoms with van der Waals surface area (Å²) in [7, 11) is -1.91. The number of halogens is 2. The van der Waals surface area contributed by atoms with Crippen molar-refractivity contribution in [1.29, 1.82) is 0 Å². The predicted octanol–water partition coefficient (Wildman–Crippen LogP) is 2.98. The van der Waals surface area contributed by atoms with Crippen LogP contribution in [0.25, 0.3) is 0 Å². The van der Waals surface area contributed by atoms with Crippen LogP contribution in [-0.2, 0) is 35.5 Å². The average Bonchev–Trinajstić information content (AvgIpc) is 3.36. The Hall–Kier alpha value is -1.91. The molecule has 2 aromatic heterocycles. The van der Waals surface area contributed by atoms with E-state index < -0.39 is 10.0 Å². The Labute approximate surface area is 205 Å². The molecule has 11 heteroatoms. The maximum Gasteiger partial charge on any atom is 0.243 e. The topological polar surface area (TPSA) is 93.8 Å². The van der Waals surface area contributed by atoms with Crippen molar-refractivity contribution in [2.24, 2.45) is 7.05 Å². The average molecular weight is 511 g/mol. The number of sulfonamides is 1. The van der Waals surface area contributed by atoms with Crippen LogP contribution >= 0.6 is 24.0 Å². The second-order valence-corrected chi connectivity index (χ2v) is 10.9. The van der Waals surface area contributed by atoms with Crippen LogP contribution in [-0.4, -0.2) is 41.1 Å². The Morgan fingerprint density at radius 2 is 1.97 bits per heavy atom. The molecular formula is C22H28Cl2N6O2S. The van der Waals surface area contributed by atoms with Gasteiger partial charge < -0.3 is 5.32 Å². The number of hydrogen-bond donors (Lipinski definition) is 2. The van der Waals surface area contributed by atoms with E-state index in [0.717, 1.165) is 30.8 Å². The fourth-order valence-corrected chi connectivity index (χ4v) is 6.16. The molecule has 3 heterocycles. The van der Waals surface area contributed by atoms with Gasteiger partial charge in [-0.15, -0.1) is 12.4 Å². The van der Waals surface area contributed by atoms with E-state index in [1.807, 2.05) is 23.0 Å². The van der Waals surface area contributed by atoms with Gasteiger partial charge in [-0.3, -0.25) is 9.36 Å². The molecule has 5 rings (SSSR count). The Morgan fingerprint density at radius 1 is 1.21 bits per heavy atom. The molecule has 1 aliphatic carbocycles. The molecule has 1 aromatic carbocycles. The highest BCUT2D eigenvalue weighted by atomic mass is 35.5. The van der Waals surface area contributed by atoms with E-state index in [-0.39, 0.29) is 35.3 Å². The number of fused-ring (bicyclic) bond motifs is 1. The van der Waals surface area contributed by atoms with Crippen molar-refractivity contribution in [1.82, 2.24) is 29.6 Å². The molecule has 2 N–H and O–H groups in total. The number of benzene rings is 1. The molecule has 0 radical (unpaired) electrons. The molecule has 1 unspecified atom stereocenters. The van der Waals surface area contributed by atoms with Gasteiger partial charge in [0.15, 0.2) is 0 Å². The van der Waals surface area contributed by atoms with Gasteiger partial charge in [0.05, 0.1) is 30.7 Å². The van der Waals surface area contributed by atoms with E-state index >= 15 is 0 Å². The van der Waals surface area contributed by atoms with E-state index in [4.69, 9.17) is 11.6 Å². The number of nitrogens with one attached hydrogen (secondary N) is 2. The van der Waals surface area contributed by atoms with Crippen molar-refractivity contribution < 1.29 is 8.42 Å². The van der Waals surface area contributed by atoms with E-state index in [1.165, 1.54) is 40.3 Å². The summed E-state index contributed by atoms with van der Waals surface area (Å²) < 4.78 is 31.2. The molecule has 0 amide bonds. The fraction of sp³-hybridized carbons (Fsp3) is 0.455. The first kappa shape index (κ1) is 24.2. The summed E-state index contributed by atoms with van der Waals surface area (Å²) in [5, 5.41) is 13.1. The molecule has 33 heavy (non-hydrogen) atoms. The van der Waals surface area contributed by atoms with Crippen molar-refractivity contribution in [3.8, 4) is 0 Å². The third-order valence-corrected chi connectivity index (χ3v) is 8.47. The van der Waals surface area contributed by atoms with Crippen molar-refractivity contribution in [2.75, 3.05) is 13.1 Å². The summed E-state index contributed by atoms with van der Waals surface area (Å²) in [5.41, 5.74) is 3.71. The first-order chi connectivity index (χ1) is 15.4. The van der Waals surface area contributed by atoms with Crippen molar-refractivity contribution in [2.45, 2.75) is 48.6 Å². The summed E-state index contributed by atoms with van der Waals surface area (Å²) in [6, 6.07) is 8.34. The third kappa shape index (κ3) is 4.44. The van der Waals surface area contributed by atoms with E-state index in [9.17, 15) is 8.42 Å². The van der Waals surface area contributed by atoms with Crippen LogP contribution in [0.15, 0.2) is 47.8 Å². The number of nitrogens with zero attached hydrogens (tertiary/aromatic N) is 4. The van der Waals surface area contributed by atoms with E-state index in [1.54, 1.807) is 7.05 Å². The van der Waals surface area contributed by atoms with Crippen molar-refractivity contribution >= 4 is 34.0 Å². The minimum atomic E-state index is -3.60. The first-order valence-corrected chi connectivity index (χ1v) is 12.8. The summed E-state index contributed by atoms with van der Waals surface area (Å²) in [6.07, 6.45) is 9.09. The normalized spacial score (nSPS) is 19.4. The van der Waals surface area contributed by atoms with Crippen LogP contribution in [0.5, 0.6) is 0 Å². The van der Waals surface area contributed by atoms with Crippen molar-refractivity contribution in [3.05, 3.63) is 64.7 Å². The van der Waals surface area contributed by atoms with Gasteiger partial charge in [-0.05, 0) is 49.1 Å².